The molecule has 0 aliphatic rings. The second kappa shape index (κ2) is 4.79. The molecule has 2 rings (SSSR count). The molecular weight excluding hydrogens is 248 g/mol. The molecule has 0 saturated heterocycles. The number of rotatable bonds is 4. The predicted molar refractivity (Wildman–Crippen MR) is 59.9 cm³/mol. The van der Waals surface area contributed by atoms with Gasteiger partial charge < -0.3 is 0 Å². The van der Waals surface area contributed by atoms with Gasteiger partial charge in [-0.2, -0.15) is 8.78 Å². The van der Waals surface area contributed by atoms with Gasteiger partial charge >= 0.3 is 0 Å². The van der Waals surface area contributed by atoms with Gasteiger partial charge in [-0.15, -0.1) is 16.7 Å². The van der Waals surface area contributed by atoms with Crippen LogP contribution in [-0.4, -0.2) is 15.0 Å². The largest absolute Gasteiger partial charge is 0.292 e. The van der Waals surface area contributed by atoms with Crippen LogP contribution in [0.5, 0.6) is 0 Å². The van der Waals surface area contributed by atoms with E-state index in [-0.39, 0.29) is 11.4 Å². The molecule has 17 heavy (non-hydrogen) atoms. The molecule has 0 unspecified atom stereocenters. The third-order valence-electron chi connectivity index (χ3n) is 2.28. The fraction of sp³-hybridized carbons (Fsp3) is 0.273. The first-order chi connectivity index (χ1) is 8.12. The molecular formula is C11H10ClF2N3. The number of halogens is 3. The smallest absolute Gasteiger partial charge is 0.246 e. The zero-order valence-electron chi connectivity index (χ0n) is 8.85. The number of nitrogens with zero attached hydrogens (tertiary/aromatic N) is 3. The van der Waals surface area contributed by atoms with E-state index < -0.39 is 12.5 Å². The molecule has 1 aromatic carbocycles. The molecule has 0 saturated carbocycles. The number of alkyl halides is 3. The summed E-state index contributed by atoms with van der Waals surface area (Å²) in [5.41, 5.74) is 0.443. The van der Waals surface area contributed by atoms with Crippen molar-refractivity contribution in [2.75, 3.05) is 0 Å². The molecule has 0 aliphatic heterocycles. The number of aromatic nitrogens is 3. The van der Waals surface area contributed by atoms with E-state index in [1.807, 2.05) is 0 Å². The number of hydrogen-bond donors (Lipinski definition) is 0. The first-order valence-corrected chi connectivity index (χ1v) is 5.53. The molecule has 0 N–H and O–H groups in total. The van der Waals surface area contributed by atoms with E-state index >= 15 is 0 Å². The fourth-order valence-corrected chi connectivity index (χ4v) is 1.58. The van der Waals surface area contributed by atoms with Gasteiger partial charge in [0.1, 0.15) is 6.54 Å². The number of hydrogen-bond acceptors (Lipinski definition) is 2. The van der Waals surface area contributed by atoms with Gasteiger partial charge in [0.2, 0.25) is 0 Å². The zero-order chi connectivity index (χ0) is 12.3. The van der Waals surface area contributed by atoms with Crippen LogP contribution in [0.2, 0.25) is 0 Å². The third kappa shape index (κ3) is 2.79. The average molecular weight is 258 g/mol. The van der Waals surface area contributed by atoms with Crippen molar-refractivity contribution in [3.05, 3.63) is 47.8 Å². The highest BCUT2D eigenvalue weighted by molar-refractivity contribution is 6.16. The standard InChI is InChI=1S/C11H10ClF2N3/c12-6-10-7-17(16-15-10)8-11(13,14)9-4-2-1-3-5-9/h1-5,7H,6,8H2. The molecule has 0 fully saturated rings. The highest BCUT2D eigenvalue weighted by Gasteiger charge is 2.32. The van der Waals surface area contributed by atoms with Crippen molar-refractivity contribution in [2.24, 2.45) is 0 Å². The van der Waals surface area contributed by atoms with Crippen LogP contribution in [0.15, 0.2) is 36.5 Å². The van der Waals surface area contributed by atoms with E-state index in [4.69, 9.17) is 11.6 Å². The van der Waals surface area contributed by atoms with E-state index in [9.17, 15) is 8.78 Å². The summed E-state index contributed by atoms with van der Waals surface area (Å²) in [4.78, 5) is 0. The summed E-state index contributed by atoms with van der Waals surface area (Å²) in [6.45, 7) is -0.541. The van der Waals surface area contributed by atoms with Crippen molar-refractivity contribution in [3.63, 3.8) is 0 Å². The molecule has 90 valence electrons. The lowest BCUT2D eigenvalue weighted by Gasteiger charge is -2.15. The Kier molecular flexibility index (Phi) is 3.38. The minimum absolute atomic E-state index is 0.0390. The Bertz CT molecular complexity index is 484. The van der Waals surface area contributed by atoms with Gasteiger partial charge in [0.15, 0.2) is 0 Å². The summed E-state index contributed by atoms with van der Waals surface area (Å²) < 4.78 is 28.8. The van der Waals surface area contributed by atoms with Crippen molar-refractivity contribution >= 4 is 11.6 Å². The lowest BCUT2D eigenvalue weighted by Crippen LogP contribution is -2.21. The van der Waals surface area contributed by atoms with E-state index in [1.165, 1.54) is 18.3 Å². The van der Waals surface area contributed by atoms with E-state index in [2.05, 4.69) is 10.3 Å². The van der Waals surface area contributed by atoms with E-state index in [0.717, 1.165) is 4.68 Å². The maximum Gasteiger partial charge on any atom is 0.292 e. The maximum atomic E-state index is 13.8. The minimum Gasteiger partial charge on any atom is -0.246 e. The first-order valence-electron chi connectivity index (χ1n) is 5.00. The monoisotopic (exact) mass is 257 g/mol. The normalized spacial score (nSPS) is 11.7. The zero-order valence-corrected chi connectivity index (χ0v) is 9.61. The van der Waals surface area contributed by atoms with Gasteiger partial charge in [0, 0.05) is 11.8 Å². The van der Waals surface area contributed by atoms with Crippen LogP contribution in [0.4, 0.5) is 8.78 Å². The molecule has 0 atom stereocenters. The summed E-state index contributed by atoms with van der Waals surface area (Å²) >= 11 is 5.53. The molecule has 0 bridgehead atoms. The second-order valence-corrected chi connectivity index (χ2v) is 3.88. The molecule has 0 amide bonds. The Hall–Kier alpha value is -1.49. The molecule has 1 heterocycles. The van der Waals surface area contributed by atoms with Crippen LogP contribution in [0.3, 0.4) is 0 Å². The summed E-state index contributed by atoms with van der Waals surface area (Å²) in [7, 11) is 0. The summed E-state index contributed by atoms with van der Waals surface area (Å²) in [6, 6.07) is 7.63. The summed E-state index contributed by atoms with van der Waals surface area (Å²) in [5, 5.41) is 7.26. The molecule has 3 nitrogen and oxygen atoms in total. The molecule has 1 aromatic heterocycles. The molecule has 0 aliphatic carbocycles. The van der Waals surface area contributed by atoms with Crippen LogP contribution in [0, 0.1) is 0 Å². The molecule has 6 heteroatoms. The van der Waals surface area contributed by atoms with Crippen molar-refractivity contribution in [3.8, 4) is 0 Å². The van der Waals surface area contributed by atoms with Crippen LogP contribution in [-0.2, 0) is 18.3 Å². The molecule has 0 spiro atoms. The maximum absolute atomic E-state index is 13.8. The van der Waals surface area contributed by atoms with Gasteiger partial charge in [-0.3, -0.25) is 0 Å². The SMILES string of the molecule is FC(F)(Cn1cc(CCl)nn1)c1ccccc1. The highest BCUT2D eigenvalue weighted by Crippen LogP contribution is 2.29. The number of benzene rings is 1. The van der Waals surface area contributed by atoms with Crippen LogP contribution < -0.4 is 0 Å². The second-order valence-electron chi connectivity index (χ2n) is 3.61. The Morgan fingerprint density at radius 2 is 1.94 bits per heavy atom. The van der Waals surface area contributed by atoms with Crippen LogP contribution >= 0.6 is 11.6 Å². The van der Waals surface area contributed by atoms with Crippen molar-refractivity contribution in [2.45, 2.75) is 18.3 Å². The molecule has 2 aromatic rings. The van der Waals surface area contributed by atoms with Gasteiger partial charge in [0.25, 0.3) is 5.92 Å². The predicted octanol–water partition coefficient (Wildman–Crippen LogP) is 2.81. The van der Waals surface area contributed by atoms with Crippen molar-refractivity contribution in [1.82, 2.24) is 15.0 Å². The van der Waals surface area contributed by atoms with E-state index in [0.29, 0.717) is 5.69 Å². The first kappa shape index (κ1) is 12.0. The Balaban J connectivity index is 2.17. The Morgan fingerprint density at radius 3 is 2.53 bits per heavy atom. The Morgan fingerprint density at radius 1 is 1.24 bits per heavy atom. The minimum atomic E-state index is -2.97. The summed E-state index contributed by atoms with van der Waals surface area (Å²) in [6.07, 6.45) is 1.42. The van der Waals surface area contributed by atoms with Gasteiger partial charge in [-0.1, -0.05) is 35.5 Å². The highest BCUT2D eigenvalue weighted by atomic mass is 35.5. The van der Waals surface area contributed by atoms with Gasteiger partial charge in [-0.05, 0) is 0 Å². The Labute approximate surface area is 102 Å². The van der Waals surface area contributed by atoms with Crippen molar-refractivity contribution in [1.29, 1.82) is 0 Å². The fourth-order valence-electron chi connectivity index (χ4n) is 1.45. The van der Waals surface area contributed by atoms with E-state index in [1.54, 1.807) is 18.2 Å². The van der Waals surface area contributed by atoms with Crippen LogP contribution in [0.25, 0.3) is 0 Å². The lowest BCUT2D eigenvalue weighted by molar-refractivity contribution is -0.0258. The topological polar surface area (TPSA) is 30.7 Å². The summed E-state index contributed by atoms with van der Waals surface area (Å²) in [5.74, 6) is -2.81. The van der Waals surface area contributed by atoms with Crippen LogP contribution in [0.1, 0.15) is 11.3 Å². The quantitative estimate of drug-likeness (QED) is 0.789. The third-order valence-corrected chi connectivity index (χ3v) is 2.55. The van der Waals surface area contributed by atoms with Crippen molar-refractivity contribution < 1.29 is 8.78 Å². The molecule has 0 radical (unpaired) electrons. The average Bonchev–Trinajstić information content (AvgIpc) is 2.77. The lowest BCUT2D eigenvalue weighted by atomic mass is 10.1. The van der Waals surface area contributed by atoms with Gasteiger partial charge in [0.05, 0.1) is 11.6 Å². The van der Waals surface area contributed by atoms with Gasteiger partial charge in [-0.25, -0.2) is 4.68 Å².